The van der Waals surface area contributed by atoms with Crippen molar-refractivity contribution in [1.29, 1.82) is 5.26 Å². The average molecular weight is 322 g/mol. The zero-order valence-corrected chi connectivity index (χ0v) is 12.8. The first kappa shape index (κ1) is 15.4. The third kappa shape index (κ3) is 3.97. The van der Waals surface area contributed by atoms with E-state index in [9.17, 15) is 8.42 Å². The molecule has 0 amide bonds. The zero-order chi connectivity index (χ0) is 15.5. The maximum Gasteiger partial charge on any atom is 0.175 e. The number of sulfone groups is 1. The van der Waals surface area contributed by atoms with Gasteiger partial charge in [0.1, 0.15) is 12.4 Å². The number of nitrogens with zero attached hydrogens (tertiary/aromatic N) is 1. The Labute approximate surface area is 128 Å². The molecule has 21 heavy (non-hydrogen) atoms. The summed E-state index contributed by atoms with van der Waals surface area (Å²) < 4.78 is 28.5. The second kappa shape index (κ2) is 6.17. The van der Waals surface area contributed by atoms with Crippen molar-refractivity contribution in [1.82, 2.24) is 0 Å². The van der Waals surface area contributed by atoms with Gasteiger partial charge in [0.15, 0.2) is 9.84 Å². The van der Waals surface area contributed by atoms with Gasteiger partial charge in [0, 0.05) is 16.8 Å². The van der Waals surface area contributed by atoms with Crippen molar-refractivity contribution in [2.45, 2.75) is 11.5 Å². The predicted octanol–water partition coefficient (Wildman–Crippen LogP) is 3.19. The minimum absolute atomic E-state index is 0.192. The van der Waals surface area contributed by atoms with Gasteiger partial charge in [-0.25, -0.2) is 8.42 Å². The van der Waals surface area contributed by atoms with Gasteiger partial charge in [-0.15, -0.1) is 0 Å². The van der Waals surface area contributed by atoms with Crippen LogP contribution in [0.25, 0.3) is 0 Å². The molecule has 0 atom stereocenters. The average Bonchev–Trinajstić information content (AvgIpc) is 2.45. The molecule has 4 nitrogen and oxygen atoms in total. The molecule has 0 aliphatic rings. The lowest BCUT2D eigenvalue weighted by atomic mass is 10.1. The number of rotatable bonds is 4. The smallest absolute Gasteiger partial charge is 0.175 e. The van der Waals surface area contributed by atoms with Crippen LogP contribution in [-0.2, 0) is 16.4 Å². The molecule has 6 heteroatoms. The molecule has 0 bridgehead atoms. The first-order valence-corrected chi connectivity index (χ1v) is 8.28. The largest absolute Gasteiger partial charge is 0.489 e. The Kier molecular flexibility index (Phi) is 4.51. The molecule has 0 saturated carbocycles. The van der Waals surface area contributed by atoms with Crippen LogP contribution in [0.1, 0.15) is 11.1 Å². The molecule has 2 aromatic carbocycles. The van der Waals surface area contributed by atoms with Crippen molar-refractivity contribution >= 4 is 21.4 Å². The third-order valence-electron chi connectivity index (χ3n) is 2.81. The van der Waals surface area contributed by atoms with Gasteiger partial charge in [-0.05, 0) is 30.3 Å². The number of hydrogen-bond acceptors (Lipinski definition) is 4. The van der Waals surface area contributed by atoms with E-state index in [-0.39, 0.29) is 11.5 Å². The fraction of sp³-hybridized carbons (Fsp3) is 0.133. The summed E-state index contributed by atoms with van der Waals surface area (Å²) in [5.74, 6) is 0.443. The molecule has 0 aliphatic carbocycles. The third-order valence-corrected chi connectivity index (χ3v) is 4.27. The Morgan fingerprint density at radius 1 is 1.24 bits per heavy atom. The van der Waals surface area contributed by atoms with E-state index in [0.717, 1.165) is 11.8 Å². The Balaban J connectivity index is 2.16. The molecule has 0 N–H and O–H groups in total. The van der Waals surface area contributed by atoms with Gasteiger partial charge >= 0.3 is 0 Å². The van der Waals surface area contributed by atoms with E-state index < -0.39 is 9.84 Å². The summed E-state index contributed by atoms with van der Waals surface area (Å²) >= 11 is 6.05. The van der Waals surface area contributed by atoms with Crippen LogP contribution >= 0.6 is 11.6 Å². The molecular weight excluding hydrogens is 310 g/mol. The predicted molar refractivity (Wildman–Crippen MR) is 80.1 cm³/mol. The van der Waals surface area contributed by atoms with Crippen molar-refractivity contribution in [3.05, 3.63) is 58.6 Å². The van der Waals surface area contributed by atoms with Crippen molar-refractivity contribution in [2.24, 2.45) is 0 Å². The summed E-state index contributed by atoms with van der Waals surface area (Å²) in [6.07, 6.45) is 1.14. The Morgan fingerprint density at radius 2 is 2.00 bits per heavy atom. The fourth-order valence-electron chi connectivity index (χ4n) is 1.69. The molecule has 0 spiro atoms. The summed E-state index contributed by atoms with van der Waals surface area (Å²) in [5, 5.41) is 9.21. The van der Waals surface area contributed by atoms with Crippen LogP contribution in [0.5, 0.6) is 5.75 Å². The van der Waals surface area contributed by atoms with Crippen molar-refractivity contribution < 1.29 is 13.2 Å². The van der Waals surface area contributed by atoms with Crippen LogP contribution in [0.2, 0.25) is 5.02 Å². The second-order valence-electron chi connectivity index (χ2n) is 4.45. The lowest BCUT2D eigenvalue weighted by Gasteiger charge is -2.09. The second-order valence-corrected chi connectivity index (χ2v) is 6.88. The topological polar surface area (TPSA) is 67.2 Å². The number of nitriles is 1. The standard InChI is InChI=1S/C15H12ClNO3S/c1-21(18,19)14-4-2-3-13(8-14)20-10-12-6-5-11(9-17)7-15(12)16/h2-8H,10H2,1H3. The van der Waals surface area contributed by atoms with Crippen LogP contribution < -0.4 is 4.74 Å². The highest BCUT2D eigenvalue weighted by molar-refractivity contribution is 7.90. The van der Waals surface area contributed by atoms with Crippen LogP contribution in [0.3, 0.4) is 0 Å². The van der Waals surface area contributed by atoms with E-state index in [1.165, 1.54) is 12.1 Å². The van der Waals surface area contributed by atoms with E-state index in [1.807, 2.05) is 6.07 Å². The maximum absolute atomic E-state index is 11.5. The summed E-state index contributed by atoms with van der Waals surface area (Å²) in [6.45, 7) is 0.192. The molecule has 0 unspecified atom stereocenters. The first-order chi connectivity index (χ1) is 9.90. The van der Waals surface area contributed by atoms with Gasteiger partial charge in [0.2, 0.25) is 0 Å². The molecule has 2 aromatic rings. The van der Waals surface area contributed by atoms with Crippen LogP contribution in [0.4, 0.5) is 0 Å². The van der Waals surface area contributed by atoms with Crippen LogP contribution in [-0.4, -0.2) is 14.7 Å². The number of hydrogen-bond donors (Lipinski definition) is 0. The van der Waals surface area contributed by atoms with Crippen molar-refractivity contribution in [2.75, 3.05) is 6.26 Å². The molecular formula is C15H12ClNO3S. The van der Waals surface area contributed by atoms with Crippen LogP contribution in [0.15, 0.2) is 47.4 Å². The van der Waals surface area contributed by atoms with E-state index >= 15 is 0 Å². The van der Waals surface area contributed by atoms with E-state index in [4.69, 9.17) is 21.6 Å². The van der Waals surface area contributed by atoms with Crippen LogP contribution in [0, 0.1) is 11.3 Å². The highest BCUT2D eigenvalue weighted by atomic mass is 35.5. The van der Waals surface area contributed by atoms with Gasteiger partial charge in [0.05, 0.1) is 16.5 Å². The van der Waals surface area contributed by atoms with Gasteiger partial charge in [0.25, 0.3) is 0 Å². The van der Waals surface area contributed by atoms with E-state index in [0.29, 0.717) is 16.3 Å². The zero-order valence-electron chi connectivity index (χ0n) is 11.2. The molecule has 0 saturated heterocycles. The number of halogens is 1. The number of benzene rings is 2. The van der Waals surface area contributed by atoms with E-state index in [2.05, 4.69) is 0 Å². The number of ether oxygens (including phenoxy) is 1. The molecule has 108 valence electrons. The van der Waals surface area contributed by atoms with Gasteiger partial charge in [-0.3, -0.25) is 0 Å². The van der Waals surface area contributed by atoms with Gasteiger partial charge < -0.3 is 4.74 Å². The molecule has 0 radical (unpaired) electrons. The lowest BCUT2D eigenvalue weighted by Crippen LogP contribution is -2.00. The molecule has 2 rings (SSSR count). The Morgan fingerprint density at radius 3 is 2.62 bits per heavy atom. The summed E-state index contributed by atoms with van der Waals surface area (Å²) in [7, 11) is -3.27. The highest BCUT2D eigenvalue weighted by Crippen LogP contribution is 2.22. The summed E-state index contributed by atoms with van der Waals surface area (Å²) in [4.78, 5) is 0.200. The quantitative estimate of drug-likeness (QED) is 0.867. The molecule has 0 fully saturated rings. The Hall–Kier alpha value is -2.03. The molecule has 0 heterocycles. The first-order valence-electron chi connectivity index (χ1n) is 6.01. The minimum atomic E-state index is -3.27. The van der Waals surface area contributed by atoms with Gasteiger partial charge in [-0.1, -0.05) is 23.7 Å². The minimum Gasteiger partial charge on any atom is -0.489 e. The normalized spacial score (nSPS) is 10.9. The molecule has 0 aromatic heterocycles. The SMILES string of the molecule is CS(=O)(=O)c1cccc(OCc2ccc(C#N)cc2Cl)c1. The molecule has 0 aliphatic heterocycles. The lowest BCUT2D eigenvalue weighted by molar-refractivity contribution is 0.305. The summed E-state index contributed by atoms with van der Waals surface area (Å²) in [5.41, 5.74) is 1.20. The monoisotopic (exact) mass is 321 g/mol. The highest BCUT2D eigenvalue weighted by Gasteiger charge is 2.08. The maximum atomic E-state index is 11.5. The van der Waals surface area contributed by atoms with Crippen molar-refractivity contribution in [3.8, 4) is 11.8 Å². The summed E-state index contributed by atoms with van der Waals surface area (Å²) in [6, 6.07) is 13.2. The van der Waals surface area contributed by atoms with Gasteiger partial charge in [-0.2, -0.15) is 5.26 Å². The van der Waals surface area contributed by atoms with Crippen molar-refractivity contribution in [3.63, 3.8) is 0 Å². The fourth-order valence-corrected chi connectivity index (χ4v) is 2.58. The Bertz CT molecular complexity index is 810. The van der Waals surface area contributed by atoms with E-state index in [1.54, 1.807) is 30.3 Å².